The van der Waals surface area contributed by atoms with Crippen molar-refractivity contribution < 1.29 is 5.11 Å². The van der Waals surface area contributed by atoms with Crippen LogP contribution in [0.3, 0.4) is 0 Å². The van der Waals surface area contributed by atoms with Crippen LogP contribution in [0.4, 0.5) is 0 Å². The number of aliphatic hydroxyl groups is 1. The van der Waals surface area contributed by atoms with E-state index >= 15 is 0 Å². The average Bonchev–Trinajstić information content (AvgIpc) is 2.37. The molecule has 0 radical (unpaired) electrons. The van der Waals surface area contributed by atoms with Gasteiger partial charge in [0.25, 0.3) is 0 Å². The molecule has 1 aliphatic rings. The standard InChI is InChI=1S/C13H17ClO/c1-8-7-11(14)9(2)13-10(8)5-3-4-6-12(13)15/h7,12,15H,3-6H2,1-2H3. The number of halogens is 1. The molecule has 0 saturated heterocycles. The lowest BCUT2D eigenvalue weighted by Gasteiger charge is -2.18. The van der Waals surface area contributed by atoms with Crippen molar-refractivity contribution in [2.45, 2.75) is 45.6 Å². The Morgan fingerprint density at radius 2 is 2.07 bits per heavy atom. The van der Waals surface area contributed by atoms with Crippen molar-refractivity contribution in [2.75, 3.05) is 0 Å². The van der Waals surface area contributed by atoms with Gasteiger partial charge >= 0.3 is 0 Å². The smallest absolute Gasteiger partial charge is 0.0795 e. The number of aliphatic hydroxyl groups excluding tert-OH is 1. The van der Waals surface area contributed by atoms with Crippen LogP contribution in [0.2, 0.25) is 5.02 Å². The monoisotopic (exact) mass is 224 g/mol. The summed E-state index contributed by atoms with van der Waals surface area (Å²) in [4.78, 5) is 0. The van der Waals surface area contributed by atoms with Crippen LogP contribution in [-0.4, -0.2) is 5.11 Å². The number of fused-ring (bicyclic) bond motifs is 1. The summed E-state index contributed by atoms with van der Waals surface area (Å²) in [5.74, 6) is 0. The number of hydrogen-bond acceptors (Lipinski definition) is 1. The Hall–Kier alpha value is -0.530. The fourth-order valence-electron chi connectivity index (χ4n) is 2.52. The van der Waals surface area contributed by atoms with Crippen LogP contribution >= 0.6 is 11.6 Å². The molecule has 0 spiro atoms. The summed E-state index contributed by atoms with van der Waals surface area (Å²) in [5, 5.41) is 10.9. The maximum Gasteiger partial charge on any atom is 0.0795 e. The first-order chi connectivity index (χ1) is 7.11. The Morgan fingerprint density at radius 3 is 2.80 bits per heavy atom. The van der Waals surface area contributed by atoms with Gasteiger partial charge in [0, 0.05) is 5.02 Å². The molecule has 1 aromatic carbocycles. The minimum Gasteiger partial charge on any atom is -0.388 e. The summed E-state index contributed by atoms with van der Waals surface area (Å²) in [7, 11) is 0. The van der Waals surface area contributed by atoms with Crippen LogP contribution in [-0.2, 0) is 6.42 Å². The Bertz CT molecular complexity index is 385. The molecule has 1 N–H and O–H groups in total. The molecular weight excluding hydrogens is 208 g/mol. The topological polar surface area (TPSA) is 20.2 Å². The molecule has 15 heavy (non-hydrogen) atoms. The van der Waals surface area contributed by atoms with E-state index in [2.05, 4.69) is 6.92 Å². The van der Waals surface area contributed by atoms with Crippen LogP contribution in [0.15, 0.2) is 6.07 Å². The summed E-state index contributed by atoms with van der Waals surface area (Å²) in [6.45, 7) is 4.09. The molecule has 1 aromatic rings. The maximum atomic E-state index is 10.1. The van der Waals surface area contributed by atoms with Crippen molar-refractivity contribution in [1.82, 2.24) is 0 Å². The fourth-order valence-corrected chi connectivity index (χ4v) is 2.78. The summed E-state index contributed by atoms with van der Waals surface area (Å²) in [6, 6.07) is 2.02. The SMILES string of the molecule is Cc1cc(Cl)c(C)c2c1CCCCC2O. The third kappa shape index (κ3) is 1.91. The van der Waals surface area contributed by atoms with Gasteiger partial charge < -0.3 is 5.11 Å². The second kappa shape index (κ2) is 4.15. The molecule has 0 fully saturated rings. The number of hydrogen-bond donors (Lipinski definition) is 1. The fraction of sp³-hybridized carbons (Fsp3) is 0.538. The lowest BCUT2D eigenvalue weighted by molar-refractivity contribution is 0.166. The quantitative estimate of drug-likeness (QED) is 0.666. The average molecular weight is 225 g/mol. The van der Waals surface area contributed by atoms with E-state index < -0.39 is 0 Å². The Labute approximate surface area is 96.1 Å². The zero-order valence-corrected chi connectivity index (χ0v) is 10.1. The van der Waals surface area contributed by atoms with Gasteiger partial charge in [-0.2, -0.15) is 0 Å². The van der Waals surface area contributed by atoms with Gasteiger partial charge in [-0.25, -0.2) is 0 Å². The maximum absolute atomic E-state index is 10.1. The predicted octanol–water partition coefficient (Wildman–Crippen LogP) is 3.72. The van der Waals surface area contributed by atoms with Gasteiger partial charge in [0.15, 0.2) is 0 Å². The van der Waals surface area contributed by atoms with E-state index in [1.54, 1.807) is 0 Å². The molecule has 82 valence electrons. The second-order valence-corrected chi connectivity index (χ2v) is 4.86. The minimum absolute atomic E-state index is 0.320. The highest BCUT2D eigenvalue weighted by molar-refractivity contribution is 6.31. The van der Waals surface area contributed by atoms with Crippen molar-refractivity contribution in [3.63, 3.8) is 0 Å². The molecule has 1 aliphatic carbocycles. The highest BCUT2D eigenvalue weighted by Crippen LogP contribution is 2.36. The first-order valence-electron chi connectivity index (χ1n) is 5.58. The second-order valence-electron chi connectivity index (χ2n) is 4.45. The van der Waals surface area contributed by atoms with E-state index in [0.717, 1.165) is 35.4 Å². The van der Waals surface area contributed by atoms with E-state index in [0.29, 0.717) is 0 Å². The predicted molar refractivity (Wildman–Crippen MR) is 63.4 cm³/mol. The van der Waals surface area contributed by atoms with Gasteiger partial charge in [-0.1, -0.05) is 18.0 Å². The highest BCUT2D eigenvalue weighted by Gasteiger charge is 2.21. The molecule has 0 bridgehead atoms. The van der Waals surface area contributed by atoms with Crippen LogP contribution in [0.1, 0.15) is 47.6 Å². The molecule has 0 heterocycles. The van der Waals surface area contributed by atoms with E-state index in [4.69, 9.17) is 11.6 Å². The molecule has 0 aliphatic heterocycles. The van der Waals surface area contributed by atoms with Gasteiger partial charge in [-0.05, 0) is 61.4 Å². The third-order valence-corrected chi connectivity index (χ3v) is 3.79. The minimum atomic E-state index is -0.320. The third-order valence-electron chi connectivity index (χ3n) is 3.39. The Balaban J connectivity index is 2.63. The molecule has 2 heteroatoms. The lowest BCUT2D eigenvalue weighted by Crippen LogP contribution is -2.04. The molecule has 0 amide bonds. The van der Waals surface area contributed by atoms with E-state index in [-0.39, 0.29) is 6.10 Å². The van der Waals surface area contributed by atoms with Gasteiger partial charge in [0.1, 0.15) is 0 Å². The van der Waals surface area contributed by atoms with E-state index in [1.165, 1.54) is 17.5 Å². The molecule has 1 atom stereocenters. The lowest BCUT2D eigenvalue weighted by atomic mass is 9.92. The zero-order valence-electron chi connectivity index (χ0n) is 9.31. The molecule has 1 unspecified atom stereocenters. The number of rotatable bonds is 0. The van der Waals surface area contributed by atoms with Gasteiger partial charge in [-0.15, -0.1) is 0 Å². The first-order valence-corrected chi connectivity index (χ1v) is 5.95. The van der Waals surface area contributed by atoms with E-state index in [9.17, 15) is 5.11 Å². The number of aryl methyl sites for hydroxylation is 1. The van der Waals surface area contributed by atoms with Gasteiger partial charge in [0.05, 0.1) is 6.10 Å². The molecule has 0 saturated carbocycles. The highest BCUT2D eigenvalue weighted by atomic mass is 35.5. The summed E-state index contributed by atoms with van der Waals surface area (Å²) >= 11 is 6.16. The summed E-state index contributed by atoms with van der Waals surface area (Å²) < 4.78 is 0. The van der Waals surface area contributed by atoms with Crippen LogP contribution in [0, 0.1) is 13.8 Å². The molecule has 1 nitrogen and oxygen atoms in total. The van der Waals surface area contributed by atoms with Crippen molar-refractivity contribution >= 4 is 11.6 Å². The van der Waals surface area contributed by atoms with Crippen LogP contribution in [0.25, 0.3) is 0 Å². The Kier molecular flexibility index (Phi) is 3.03. The first kappa shape index (κ1) is 11.0. The zero-order chi connectivity index (χ0) is 11.0. The Morgan fingerprint density at radius 1 is 1.33 bits per heavy atom. The van der Waals surface area contributed by atoms with Gasteiger partial charge in [0.2, 0.25) is 0 Å². The summed E-state index contributed by atoms with van der Waals surface area (Å²) in [5.41, 5.74) is 4.70. The van der Waals surface area contributed by atoms with Crippen LogP contribution < -0.4 is 0 Å². The normalized spacial score (nSPS) is 20.9. The largest absolute Gasteiger partial charge is 0.388 e. The van der Waals surface area contributed by atoms with Crippen molar-refractivity contribution in [1.29, 1.82) is 0 Å². The van der Waals surface area contributed by atoms with Crippen LogP contribution in [0.5, 0.6) is 0 Å². The van der Waals surface area contributed by atoms with Crippen molar-refractivity contribution in [3.05, 3.63) is 33.3 Å². The molecule has 0 aromatic heterocycles. The van der Waals surface area contributed by atoms with Gasteiger partial charge in [-0.3, -0.25) is 0 Å². The van der Waals surface area contributed by atoms with E-state index in [1.807, 2.05) is 13.0 Å². The molecule has 2 rings (SSSR count). The van der Waals surface area contributed by atoms with Crippen molar-refractivity contribution in [2.24, 2.45) is 0 Å². The molecular formula is C13H17ClO. The number of benzene rings is 1. The summed E-state index contributed by atoms with van der Waals surface area (Å²) in [6.07, 6.45) is 3.90. The van der Waals surface area contributed by atoms with Crippen molar-refractivity contribution in [3.8, 4) is 0 Å².